The maximum atomic E-state index is 12.0. The Hall–Kier alpha value is -1.72. The first-order chi connectivity index (χ1) is 9.99. The van der Waals surface area contributed by atoms with Crippen LogP contribution in [0.1, 0.15) is 29.8 Å². The third kappa shape index (κ3) is 3.89. The Morgan fingerprint density at radius 3 is 2.71 bits per heavy atom. The molecule has 2 rings (SSSR count). The van der Waals surface area contributed by atoms with Crippen LogP contribution in [0, 0.1) is 0 Å². The van der Waals surface area contributed by atoms with Crippen molar-refractivity contribution in [3.63, 3.8) is 0 Å². The van der Waals surface area contributed by atoms with Gasteiger partial charge in [0.1, 0.15) is 5.69 Å². The molecule has 0 fully saturated rings. The summed E-state index contributed by atoms with van der Waals surface area (Å²) in [6.45, 7) is 0.401. The number of aromatic amines is 1. The Kier molecular flexibility index (Phi) is 5.09. The molecule has 0 aliphatic heterocycles. The molecule has 5 nitrogen and oxygen atoms in total. The van der Waals surface area contributed by atoms with Gasteiger partial charge in [-0.15, -0.1) is 0 Å². The van der Waals surface area contributed by atoms with Gasteiger partial charge in [-0.3, -0.25) is 9.59 Å². The molecule has 0 spiro atoms. The number of hydrogen-bond donors (Lipinski definition) is 3. The number of H-pyrrole nitrogens is 1. The van der Waals surface area contributed by atoms with Gasteiger partial charge in [0, 0.05) is 28.9 Å². The molecule has 112 valence electrons. The number of hydrogen-bond acceptors (Lipinski definition) is 2. The predicted octanol–water partition coefficient (Wildman–Crippen LogP) is 3.46. The number of carboxylic acids is 1. The smallest absolute Gasteiger partial charge is 0.303 e. The molecule has 1 aromatic carbocycles. The van der Waals surface area contributed by atoms with Gasteiger partial charge in [-0.1, -0.05) is 23.2 Å². The second-order valence-corrected chi connectivity index (χ2v) is 5.43. The molecular weight excluding hydrogens is 315 g/mol. The van der Waals surface area contributed by atoms with Crippen LogP contribution >= 0.6 is 23.2 Å². The molecule has 1 aromatic heterocycles. The lowest BCUT2D eigenvalue weighted by Gasteiger charge is -2.03. The van der Waals surface area contributed by atoms with Crippen LogP contribution in [-0.2, 0) is 4.79 Å². The second-order valence-electron chi connectivity index (χ2n) is 4.61. The Morgan fingerprint density at radius 1 is 1.24 bits per heavy atom. The van der Waals surface area contributed by atoms with Crippen LogP contribution in [-0.4, -0.2) is 28.5 Å². The molecule has 1 amide bonds. The third-order valence-corrected chi connectivity index (χ3v) is 3.65. The SMILES string of the molecule is O=C(O)CCCCNC(=O)c1[nH]c2ccc(Cl)cc2c1Cl. The summed E-state index contributed by atoms with van der Waals surface area (Å²) in [5.41, 5.74) is 1.02. The molecule has 0 saturated heterocycles. The van der Waals surface area contributed by atoms with Gasteiger partial charge < -0.3 is 15.4 Å². The van der Waals surface area contributed by atoms with Gasteiger partial charge in [-0.05, 0) is 31.0 Å². The van der Waals surface area contributed by atoms with Crippen LogP contribution in [0.25, 0.3) is 10.9 Å². The van der Waals surface area contributed by atoms with E-state index < -0.39 is 5.97 Å². The number of unbranched alkanes of at least 4 members (excludes halogenated alkanes) is 1. The Morgan fingerprint density at radius 2 is 2.00 bits per heavy atom. The molecule has 0 atom stereocenters. The molecule has 0 radical (unpaired) electrons. The van der Waals surface area contributed by atoms with Crippen molar-refractivity contribution in [2.75, 3.05) is 6.54 Å². The Balaban J connectivity index is 1.99. The van der Waals surface area contributed by atoms with Crippen molar-refractivity contribution in [3.8, 4) is 0 Å². The minimum Gasteiger partial charge on any atom is -0.481 e. The van der Waals surface area contributed by atoms with Crippen LogP contribution < -0.4 is 5.32 Å². The number of aromatic nitrogens is 1. The van der Waals surface area contributed by atoms with E-state index in [1.54, 1.807) is 18.2 Å². The van der Waals surface area contributed by atoms with Crippen LogP contribution in [0.3, 0.4) is 0 Å². The summed E-state index contributed by atoms with van der Waals surface area (Å²) >= 11 is 12.1. The third-order valence-electron chi connectivity index (χ3n) is 3.03. The number of carbonyl (C=O) groups is 2. The van der Waals surface area contributed by atoms with E-state index in [1.165, 1.54) is 0 Å². The van der Waals surface area contributed by atoms with Crippen molar-refractivity contribution >= 4 is 46.0 Å². The summed E-state index contributed by atoms with van der Waals surface area (Å²) in [5.74, 6) is -1.15. The first-order valence-corrected chi connectivity index (χ1v) is 7.21. The van der Waals surface area contributed by atoms with Crippen LogP contribution in [0.5, 0.6) is 0 Å². The first-order valence-electron chi connectivity index (χ1n) is 6.45. The highest BCUT2D eigenvalue weighted by Gasteiger charge is 2.16. The summed E-state index contributed by atoms with van der Waals surface area (Å²) in [4.78, 5) is 25.4. The quantitative estimate of drug-likeness (QED) is 0.710. The molecule has 0 bridgehead atoms. The van der Waals surface area contributed by atoms with Crippen LogP contribution in [0.2, 0.25) is 10.0 Å². The zero-order valence-corrected chi connectivity index (χ0v) is 12.6. The topological polar surface area (TPSA) is 82.2 Å². The van der Waals surface area contributed by atoms with E-state index >= 15 is 0 Å². The number of aliphatic carboxylic acids is 1. The monoisotopic (exact) mass is 328 g/mol. The van der Waals surface area contributed by atoms with E-state index in [4.69, 9.17) is 28.3 Å². The normalized spacial score (nSPS) is 10.8. The molecular formula is C14H14Cl2N2O3. The number of halogens is 2. The standard InChI is InChI=1S/C14H14Cl2N2O3/c15-8-4-5-10-9(7-8)12(16)13(18-10)14(21)17-6-2-1-3-11(19)20/h4-5,7,18H,1-3,6H2,(H,17,21)(H,19,20). The number of rotatable bonds is 6. The molecule has 21 heavy (non-hydrogen) atoms. The average molecular weight is 329 g/mol. The fraction of sp³-hybridized carbons (Fsp3) is 0.286. The molecule has 3 N–H and O–H groups in total. The van der Waals surface area contributed by atoms with Gasteiger partial charge in [0.2, 0.25) is 0 Å². The van der Waals surface area contributed by atoms with Crippen molar-refractivity contribution in [1.29, 1.82) is 0 Å². The van der Waals surface area contributed by atoms with Crippen molar-refractivity contribution in [2.24, 2.45) is 0 Å². The van der Waals surface area contributed by atoms with Crippen LogP contribution in [0.15, 0.2) is 18.2 Å². The number of benzene rings is 1. The zero-order chi connectivity index (χ0) is 15.4. The highest BCUT2D eigenvalue weighted by molar-refractivity contribution is 6.39. The summed E-state index contributed by atoms with van der Waals surface area (Å²) in [5, 5.41) is 12.8. The minimum absolute atomic E-state index is 0.0987. The number of fused-ring (bicyclic) bond motifs is 1. The lowest BCUT2D eigenvalue weighted by Crippen LogP contribution is -2.25. The Labute approximate surface area is 131 Å². The van der Waals surface area contributed by atoms with E-state index in [9.17, 15) is 9.59 Å². The van der Waals surface area contributed by atoms with Crippen LogP contribution in [0.4, 0.5) is 0 Å². The van der Waals surface area contributed by atoms with E-state index in [0.29, 0.717) is 34.8 Å². The van der Waals surface area contributed by atoms with Crippen molar-refractivity contribution in [2.45, 2.75) is 19.3 Å². The van der Waals surface area contributed by atoms with Gasteiger partial charge in [0.05, 0.1) is 5.02 Å². The van der Waals surface area contributed by atoms with Crippen molar-refractivity contribution < 1.29 is 14.7 Å². The predicted molar refractivity (Wildman–Crippen MR) is 82.1 cm³/mol. The van der Waals surface area contributed by atoms with Gasteiger partial charge in [-0.25, -0.2) is 0 Å². The van der Waals surface area contributed by atoms with Crippen molar-refractivity contribution in [1.82, 2.24) is 10.3 Å². The number of carbonyl (C=O) groups excluding carboxylic acids is 1. The van der Waals surface area contributed by atoms with Crippen molar-refractivity contribution in [3.05, 3.63) is 33.9 Å². The molecule has 7 heteroatoms. The van der Waals surface area contributed by atoms with E-state index in [2.05, 4.69) is 10.3 Å². The highest BCUT2D eigenvalue weighted by Crippen LogP contribution is 2.29. The lowest BCUT2D eigenvalue weighted by molar-refractivity contribution is -0.137. The summed E-state index contributed by atoms with van der Waals surface area (Å²) in [6.07, 6.45) is 1.22. The largest absolute Gasteiger partial charge is 0.481 e. The molecule has 0 unspecified atom stereocenters. The molecule has 1 heterocycles. The van der Waals surface area contributed by atoms with Gasteiger partial charge in [0.15, 0.2) is 0 Å². The Bertz CT molecular complexity index is 682. The number of amides is 1. The number of carboxylic acid groups (broad SMARTS) is 1. The molecule has 2 aromatic rings. The molecule has 0 aliphatic carbocycles. The lowest BCUT2D eigenvalue weighted by atomic mass is 10.2. The highest BCUT2D eigenvalue weighted by atomic mass is 35.5. The summed E-state index contributed by atoms with van der Waals surface area (Å²) < 4.78 is 0. The first kappa shape index (κ1) is 15.7. The zero-order valence-electron chi connectivity index (χ0n) is 11.1. The van der Waals surface area contributed by atoms with Gasteiger partial charge in [0.25, 0.3) is 5.91 Å². The van der Waals surface area contributed by atoms with Gasteiger partial charge in [-0.2, -0.15) is 0 Å². The van der Waals surface area contributed by atoms with Gasteiger partial charge >= 0.3 is 5.97 Å². The van der Waals surface area contributed by atoms with E-state index in [0.717, 1.165) is 5.52 Å². The minimum atomic E-state index is -0.836. The maximum absolute atomic E-state index is 12.0. The molecule has 0 saturated carbocycles. The summed E-state index contributed by atoms with van der Waals surface area (Å²) in [7, 11) is 0. The fourth-order valence-electron chi connectivity index (χ4n) is 1.98. The average Bonchev–Trinajstić information content (AvgIpc) is 2.75. The maximum Gasteiger partial charge on any atom is 0.303 e. The number of nitrogens with one attached hydrogen (secondary N) is 2. The fourth-order valence-corrected chi connectivity index (χ4v) is 2.44. The second kappa shape index (κ2) is 6.83. The molecule has 0 aliphatic rings. The summed E-state index contributed by atoms with van der Waals surface area (Å²) in [6, 6.07) is 5.16. The van der Waals surface area contributed by atoms with E-state index in [-0.39, 0.29) is 18.0 Å². The van der Waals surface area contributed by atoms with E-state index in [1.807, 2.05) is 0 Å².